The Bertz CT molecular complexity index is 566. The highest BCUT2D eigenvalue weighted by molar-refractivity contribution is 6.30. The lowest BCUT2D eigenvalue weighted by Gasteiger charge is -2.13. The number of nitrogens with zero attached hydrogens (tertiary/aromatic N) is 2. The number of aromatic nitrogens is 2. The number of halogens is 1. The van der Waals surface area contributed by atoms with Gasteiger partial charge in [-0.2, -0.15) is 5.10 Å². The lowest BCUT2D eigenvalue weighted by molar-refractivity contribution is 0.468. The quantitative estimate of drug-likeness (QED) is 0.879. The number of ether oxygens (including phenoxy) is 1. The van der Waals surface area contributed by atoms with Crippen molar-refractivity contribution in [3.63, 3.8) is 0 Å². The Labute approximate surface area is 124 Å². The van der Waals surface area contributed by atoms with Gasteiger partial charge in [0.1, 0.15) is 5.75 Å². The van der Waals surface area contributed by atoms with E-state index >= 15 is 0 Å². The van der Waals surface area contributed by atoms with Crippen LogP contribution < -0.4 is 10.1 Å². The Morgan fingerprint density at radius 3 is 2.85 bits per heavy atom. The summed E-state index contributed by atoms with van der Waals surface area (Å²) >= 11 is 6.06. The first-order valence-corrected chi connectivity index (χ1v) is 7.18. The molecule has 0 unspecified atom stereocenters. The summed E-state index contributed by atoms with van der Waals surface area (Å²) < 4.78 is 7.73. The molecule has 1 aromatic heterocycles. The highest BCUT2D eigenvalue weighted by Crippen LogP contribution is 2.27. The van der Waals surface area contributed by atoms with Gasteiger partial charge in [-0.25, -0.2) is 0 Å². The van der Waals surface area contributed by atoms with Gasteiger partial charge in [-0.3, -0.25) is 4.68 Å². The minimum atomic E-state index is 0.407. The third-order valence-corrected chi connectivity index (χ3v) is 3.12. The maximum Gasteiger partial charge on any atom is 0.165 e. The molecular weight excluding hydrogens is 274 g/mol. The summed E-state index contributed by atoms with van der Waals surface area (Å²) in [5.41, 5.74) is 1.04. The molecule has 20 heavy (non-hydrogen) atoms. The van der Waals surface area contributed by atoms with E-state index in [0.717, 1.165) is 30.2 Å². The minimum Gasteiger partial charge on any atom is -0.454 e. The topological polar surface area (TPSA) is 39.1 Å². The molecule has 1 aromatic carbocycles. The van der Waals surface area contributed by atoms with E-state index in [-0.39, 0.29) is 0 Å². The van der Waals surface area contributed by atoms with Crippen molar-refractivity contribution < 1.29 is 4.74 Å². The summed E-state index contributed by atoms with van der Waals surface area (Å²) in [5.74, 6) is 1.54. The van der Waals surface area contributed by atoms with E-state index in [4.69, 9.17) is 16.3 Å². The van der Waals surface area contributed by atoms with Crippen LogP contribution in [0.15, 0.2) is 30.6 Å². The Kier molecular flexibility index (Phi) is 5.04. The summed E-state index contributed by atoms with van der Waals surface area (Å²) in [7, 11) is 0. The maximum absolute atomic E-state index is 6.06. The molecule has 2 aromatic rings. The van der Waals surface area contributed by atoms with Crippen LogP contribution >= 0.6 is 11.6 Å². The van der Waals surface area contributed by atoms with E-state index < -0.39 is 0 Å². The predicted octanol–water partition coefficient (Wildman–Crippen LogP) is 3.85. The maximum atomic E-state index is 6.06. The second-order valence-electron chi connectivity index (χ2n) is 4.92. The van der Waals surface area contributed by atoms with Gasteiger partial charge in [-0.05, 0) is 25.1 Å². The number of hydrogen-bond donors (Lipinski definition) is 1. The summed E-state index contributed by atoms with van der Waals surface area (Å²) in [6.45, 7) is 7.80. The number of hydrogen-bond acceptors (Lipinski definition) is 3. The summed E-state index contributed by atoms with van der Waals surface area (Å²) in [6.07, 6.45) is 3.60. The molecule has 0 saturated carbocycles. The van der Waals surface area contributed by atoms with Crippen molar-refractivity contribution in [1.82, 2.24) is 15.1 Å². The van der Waals surface area contributed by atoms with Gasteiger partial charge in [0.15, 0.2) is 5.75 Å². The molecule has 1 heterocycles. The second kappa shape index (κ2) is 6.77. The molecule has 0 aliphatic carbocycles. The van der Waals surface area contributed by atoms with Gasteiger partial charge in [0.05, 0.1) is 12.4 Å². The van der Waals surface area contributed by atoms with Crippen LogP contribution in [-0.2, 0) is 13.1 Å². The Morgan fingerprint density at radius 1 is 1.40 bits per heavy atom. The van der Waals surface area contributed by atoms with Crippen LogP contribution in [0.3, 0.4) is 0 Å². The first kappa shape index (κ1) is 14.9. The van der Waals surface area contributed by atoms with E-state index in [1.807, 2.05) is 36.0 Å². The van der Waals surface area contributed by atoms with Crippen LogP contribution in [-0.4, -0.2) is 15.8 Å². The molecule has 1 N–H and O–H groups in total. The highest BCUT2D eigenvalue weighted by atomic mass is 35.5. The number of nitrogens with one attached hydrogen (secondary N) is 1. The van der Waals surface area contributed by atoms with Crippen LogP contribution in [0.1, 0.15) is 26.3 Å². The van der Waals surface area contributed by atoms with E-state index in [9.17, 15) is 0 Å². The lowest BCUT2D eigenvalue weighted by atomic mass is 10.2. The molecule has 0 spiro atoms. The van der Waals surface area contributed by atoms with Crippen molar-refractivity contribution in [2.24, 2.45) is 0 Å². The molecule has 0 bridgehead atoms. The molecule has 108 valence electrons. The van der Waals surface area contributed by atoms with Gasteiger partial charge >= 0.3 is 0 Å². The van der Waals surface area contributed by atoms with E-state index in [0.29, 0.717) is 11.1 Å². The molecule has 2 rings (SSSR count). The van der Waals surface area contributed by atoms with Crippen molar-refractivity contribution in [3.8, 4) is 11.5 Å². The van der Waals surface area contributed by atoms with Crippen molar-refractivity contribution in [2.75, 3.05) is 0 Å². The fraction of sp³-hybridized carbons (Fsp3) is 0.400. The largest absolute Gasteiger partial charge is 0.454 e. The lowest BCUT2D eigenvalue weighted by Crippen LogP contribution is -2.22. The Morgan fingerprint density at radius 2 is 2.20 bits per heavy atom. The smallest absolute Gasteiger partial charge is 0.165 e. The van der Waals surface area contributed by atoms with Crippen molar-refractivity contribution in [3.05, 3.63) is 41.2 Å². The van der Waals surface area contributed by atoms with E-state index in [1.54, 1.807) is 6.20 Å². The molecule has 5 heteroatoms. The Hall–Kier alpha value is -1.52. The molecular formula is C15H20ClN3O. The van der Waals surface area contributed by atoms with Gasteiger partial charge in [-0.15, -0.1) is 0 Å². The summed E-state index contributed by atoms with van der Waals surface area (Å²) in [4.78, 5) is 0. The third kappa shape index (κ3) is 3.99. The van der Waals surface area contributed by atoms with Crippen LogP contribution in [0.4, 0.5) is 0 Å². The molecule has 0 amide bonds. The third-order valence-electron chi connectivity index (χ3n) is 2.88. The average Bonchev–Trinajstić information content (AvgIpc) is 2.86. The second-order valence-corrected chi connectivity index (χ2v) is 5.36. The summed E-state index contributed by atoms with van der Waals surface area (Å²) in [5, 5.41) is 8.28. The Balaban J connectivity index is 2.17. The monoisotopic (exact) mass is 293 g/mol. The average molecular weight is 294 g/mol. The van der Waals surface area contributed by atoms with Gasteiger partial charge in [0.2, 0.25) is 0 Å². The standard InChI is InChI=1S/C15H20ClN3O/c1-4-19-10-14(9-18-19)20-15-6-5-13(16)7-12(15)8-17-11(2)3/h5-7,9-11,17H,4,8H2,1-3H3. The minimum absolute atomic E-state index is 0.407. The molecule has 4 nitrogen and oxygen atoms in total. The normalized spacial score (nSPS) is 11.1. The molecule has 0 aliphatic heterocycles. The van der Waals surface area contributed by atoms with E-state index in [1.165, 1.54) is 0 Å². The predicted molar refractivity (Wildman–Crippen MR) is 81.4 cm³/mol. The fourth-order valence-corrected chi connectivity index (χ4v) is 1.99. The van der Waals surface area contributed by atoms with Crippen molar-refractivity contribution in [2.45, 2.75) is 39.9 Å². The van der Waals surface area contributed by atoms with Crippen molar-refractivity contribution >= 4 is 11.6 Å². The number of rotatable bonds is 6. The molecule has 0 fully saturated rings. The van der Waals surface area contributed by atoms with Crippen LogP contribution in [0.2, 0.25) is 5.02 Å². The zero-order chi connectivity index (χ0) is 14.5. The van der Waals surface area contributed by atoms with Crippen LogP contribution in [0.25, 0.3) is 0 Å². The molecule has 0 radical (unpaired) electrons. The zero-order valence-electron chi connectivity index (χ0n) is 12.1. The van der Waals surface area contributed by atoms with Gasteiger partial charge in [0.25, 0.3) is 0 Å². The molecule has 0 atom stereocenters. The zero-order valence-corrected chi connectivity index (χ0v) is 12.8. The number of aryl methyl sites for hydroxylation is 1. The first-order valence-electron chi connectivity index (χ1n) is 6.80. The number of benzene rings is 1. The SMILES string of the molecule is CCn1cc(Oc2ccc(Cl)cc2CNC(C)C)cn1. The van der Waals surface area contributed by atoms with Gasteiger partial charge in [0, 0.05) is 29.7 Å². The highest BCUT2D eigenvalue weighted by Gasteiger charge is 2.08. The fourth-order valence-electron chi connectivity index (χ4n) is 1.80. The van der Waals surface area contributed by atoms with Crippen LogP contribution in [0, 0.1) is 0 Å². The molecule has 0 aliphatic rings. The molecule has 0 saturated heterocycles. The summed E-state index contributed by atoms with van der Waals surface area (Å²) in [6, 6.07) is 6.06. The van der Waals surface area contributed by atoms with E-state index in [2.05, 4.69) is 24.3 Å². The van der Waals surface area contributed by atoms with Gasteiger partial charge in [-0.1, -0.05) is 25.4 Å². The van der Waals surface area contributed by atoms with Crippen molar-refractivity contribution in [1.29, 1.82) is 0 Å². The first-order chi connectivity index (χ1) is 9.58. The van der Waals surface area contributed by atoms with Gasteiger partial charge < -0.3 is 10.1 Å². The van der Waals surface area contributed by atoms with Crippen LogP contribution in [0.5, 0.6) is 11.5 Å².